The number of para-hydroxylation sites is 1. The molecule has 0 amide bonds. The Morgan fingerprint density at radius 3 is 1.88 bits per heavy atom. The van der Waals surface area contributed by atoms with Crippen LogP contribution in [0.2, 0.25) is 0 Å². The second-order valence-corrected chi connectivity index (χ2v) is 13.6. The molecule has 6 heteroatoms. The summed E-state index contributed by atoms with van der Waals surface area (Å²) in [6, 6.07) is 45.4. The van der Waals surface area contributed by atoms with Gasteiger partial charge in [-0.15, -0.1) is 0 Å². The van der Waals surface area contributed by atoms with Crippen LogP contribution >= 0.6 is 23.2 Å². The highest BCUT2D eigenvalue weighted by molar-refractivity contribution is 6.40. The van der Waals surface area contributed by atoms with Crippen LogP contribution in [0.15, 0.2) is 190 Å². The maximum atomic E-state index is 8.55. The van der Waals surface area contributed by atoms with Crippen molar-refractivity contribution < 1.29 is 0 Å². The van der Waals surface area contributed by atoms with Crippen molar-refractivity contribution in [3.05, 3.63) is 207 Å². The van der Waals surface area contributed by atoms with E-state index in [4.69, 9.17) is 33.2 Å². The number of aromatic amines is 1. The van der Waals surface area contributed by atoms with Crippen LogP contribution in [0.3, 0.4) is 0 Å². The van der Waals surface area contributed by atoms with Gasteiger partial charge in [0.25, 0.3) is 0 Å². The van der Waals surface area contributed by atoms with Crippen LogP contribution in [0.25, 0.3) is 23.3 Å². The number of hydrogen-bond donors (Lipinski definition) is 1. The summed E-state index contributed by atoms with van der Waals surface area (Å²) in [6.07, 6.45) is 12.4. The zero-order chi connectivity index (χ0) is 33.7. The van der Waals surface area contributed by atoms with Crippen LogP contribution < -0.4 is 15.6 Å². The Balaban J connectivity index is 1.46. The predicted molar refractivity (Wildman–Crippen MR) is 208 cm³/mol. The van der Waals surface area contributed by atoms with E-state index in [1.165, 1.54) is 0 Å². The Bertz CT molecular complexity index is 2490. The smallest absolute Gasteiger partial charge is 0.159 e. The van der Waals surface area contributed by atoms with E-state index in [9.17, 15) is 0 Å². The maximum Gasteiger partial charge on any atom is 0.159 e. The number of allylic oxidation sites excluding steroid dienone is 5. The van der Waals surface area contributed by atoms with Gasteiger partial charge in [-0.1, -0.05) is 132 Å². The first kappa shape index (κ1) is 30.4. The molecule has 9 rings (SSSR count). The molecule has 1 N–H and O–H groups in total. The molecule has 8 bridgehead atoms. The van der Waals surface area contributed by atoms with Gasteiger partial charge in [0.2, 0.25) is 0 Å². The van der Waals surface area contributed by atoms with Gasteiger partial charge in [-0.2, -0.15) is 0 Å². The number of aromatic nitrogens is 1. The summed E-state index contributed by atoms with van der Waals surface area (Å²) >= 11 is 16.3. The van der Waals surface area contributed by atoms with Gasteiger partial charge < -0.3 is 9.88 Å². The molecule has 0 fully saturated rings. The van der Waals surface area contributed by atoms with Gasteiger partial charge >= 0.3 is 0 Å². The number of H-pyrrole nitrogens is 1. The Kier molecular flexibility index (Phi) is 7.49. The average molecular weight is 686 g/mol. The van der Waals surface area contributed by atoms with Crippen LogP contribution in [0.1, 0.15) is 22.6 Å². The molecule has 5 aromatic rings. The summed E-state index contributed by atoms with van der Waals surface area (Å²) in [7, 11) is 0. The number of anilines is 1. The van der Waals surface area contributed by atoms with Gasteiger partial charge in [0.15, 0.2) is 5.00 Å². The van der Waals surface area contributed by atoms with E-state index in [-0.39, 0.29) is 0 Å². The zero-order valence-electron chi connectivity index (χ0n) is 26.8. The quantitative estimate of drug-likeness (QED) is 0.149. The number of alkyl halides is 1. The van der Waals surface area contributed by atoms with E-state index in [1.54, 1.807) is 0 Å². The molecule has 2 atom stereocenters. The van der Waals surface area contributed by atoms with Crippen LogP contribution in [0, 0.1) is 0 Å². The van der Waals surface area contributed by atoms with Crippen molar-refractivity contribution in [1.82, 2.24) is 4.98 Å². The van der Waals surface area contributed by atoms with E-state index in [1.807, 2.05) is 78.9 Å². The van der Waals surface area contributed by atoms with E-state index in [0.29, 0.717) is 5.03 Å². The highest BCUT2D eigenvalue weighted by Gasteiger charge is 2.56. The fraction of sp³-hybridized carbons (Fsp3) is 0.0455. The molecule has 240 valence electrons. The van der Waals surface area contributed by atoms with Crippen molar-refractivity contribution in [2.24, 2.45) is 9.98 Å². The third kappa shape index (κ3) is 5.16. The maximum absolute atomic E-state index is 8.55. The van der Waals surface area contributed by atoms with Crippen molar-refractivity contribution in [1.29, 1.82) is 0 Å². The molecule has 0 saturated heterocycles. The number of aliphatic imine (C=N–C) groups is 2. The predicted octanol–water partition coefficient (Wildman–Crippen LogP) is 9.12. The zero-order valence-corrected chi connectivity index (χ0v) is 28.4. The molecular weight excluding hydrogens is 655 g/mol. The van der Waals surface area contributed by atoms with Crippen LogP contribution in [0.5, 0.6) is 0 Å². The van der Waals surface area contributed by atoms with Gasteiger partial charge in [0.1, 0.15) is 0 Å². The summed E-state index contributed by atoms with van der Waals surface area (Å²) in [5.41, 5.74) is 9.70. The number of nitrogens with one attached hydrogen (secondary N) is 1. The molecule has 0 spiro atoms. The monoisotopic (exact) mass is 684 g/mol. The molecule has 4 aromatic carbocycles. The minimum atomic E-state index is -1.28. The second kappa shape index (κ2) is 12.3. The minimum Gasteiger partial charge on any atom is -0.355 e. The van der Waals surface area contributed by atoms with Gasteiger partial charge in [0, 0.05) is 27.5 Å². The third-order valence-electron chi connectivity index (χ3n) is 9.42. The molecule has 4 nitrogen and oxygen atoms in total. The number of rotatable bonds is 4. The van der Waals surface area contributed by atoms with Gasteiger partial charge in [-0.25, -0.2) is 9.98 Å². The second-order valence-electron chi connectivity index (χ2n) is 12.6. The molecule has 4 aliphatic heterocycles. The van der Waals surface area contributed by atoms with E-state index < -0.39 is 10.9 Å². The first-order valence-corrected chi connectivity index (χ1v) is 17.3. The Morgan fingerprint density at radius 1 is 0.600 bits per heavy atom. The molecule has 50 heavy (non-hydrogen) atoms. The Morgan fingerprint density at radius 2 is 1.20 bits per heavy atom. The molecule has 1 aromatic heterocycles. The SMILES string of the molecule is ClC1=C2C=C3C=CC(=N3)C=c3ccc([nH]3)=CC3=NC(=C(c4ccccc4)C(Cl)(C1c1ccccc1)N2c1ccccc1)C(c1ccccc1)=C3. The summed E-state index contributed by atoms with van der Waals surface area (Å²) in [5, 5.41) is 2.51. The highest BCUT2D eigenvalue weighted by Crippen LogP contribution is 2.61. The number of halogens is 2. The molecule has 0 aliphatic carbocycles. The number of benzene rings is 4. The molecular formula is C44H30Cl2N4. The lowest BCUT2D eigenvalue weighted by molar-refractivity contribution is 0.671. The lowest BCUT2D eigenvalue weighted by Gasteiger charge is -2.42. The summed E-state index contributed by atoms with van der Waals surface area (Å²) < 4.78 is 0. The first-order chi connectivity index (χ1) is 24.6. The van der Waals surface area contributed by atoms with Crippen molar-refractivity contribution >= 4 is 63.6 Å². The summed E-state index contributed by atoms with van der Waals surface area (Å²) in [4.78, 5) is 14.9. The van der Waals surface area contributed by atoms with Crippen LogP contribution in [0.4, 0.5) is 5.69 Å². The molecule has 0 saturated carbocycles. The van der Waals surface area contributed by atoms with Gasteiger partial charge in [0.05, 0.1) is 39.5 Å². The normalized spacial score (nSPS) is 21.0. The van der Waals surface area contributed by atoms with Crippen LogP contribution in [-0.2, 0) is 0 Å². The standard InChI is InChI=1S/C44H30Cl2N4/c45-42-39-28-35-24-23-33(48-35)25-32-21-22-34(47-32)26-36-27-38(29-13-5-1-6-14-29)43(49-36)41(31-17-9-3-10-18-31)44(46,40(42)30-15-7-2-8-16-30)50(39)37-19-11-4-12-20-37/h1-28,40,47H. The van der Waals surface area contributed by atoms with E-state index >= 15 is 0 Å². The van der Waals surface area contributed by atoms with Crippen molar-refractivity contribution in [3.63, 3.8) is 0 Å². The van der Waals surface area contributed by atoms with Crippen LogP contribution in [-0.4, -0.2) is 21.4 Å². The molecule has 2 unspecified atom stereocenters. The lowest BCUT2D eigenvalue weighted by Crippen LogP contribution is -2.45. The molecule has 5 heterocycles. The fourth-order valence-electron chi connectivity index (χ4n) is 7.30. The third-order valence-corrected chi connectivity index (χ3v) is 10.4. The van der Waals surface area contributed by atoms with Crippen molar-refractivity contribution in [2.45, 2.75) is 10.9 Å². The number of hydrogen-bond acceptors (Lipinski definition) is 3. The summed E-state index contributed by atoms with van der Waals surface area (Å²) in [6.45, 7) is 0. The Hall–Kier alpha value is -5.68. The summed E-state index contributed by atoms with van der Waals surface area (Å²) in [5.74, 6) is -0.483. The van der Waals surface area contributed by atoms with E-state index in [0.717, 1.165) is 72.7 Å². The average Bonchev–Trinajstić information content (AvgIpc) is 3.93. The van der Waals surface area contributed by atoms with Crippen molar-refractivity contribution in [3.8, 4) is 0 Å². The van der Waals surface area contributed by atoms with Crippen molar-refractivity contribution in [2.75, 3.05) is 4.90 Å². The topological polar surface area (TPSA) is 43.8 Å². The van der Waals surface area contributed by atoms with E-state index in [2.05, 4.69) is 101 Å². The minimum absolute atomic E-state index is 0.483. The highest BCUT2D eigenvalue weighted by atomic mass is 35.5. The molecule has 0 radical (unpaired) electrons. The fourth-order valence-corrected chi connectivity index (χ4v) is 8.40. The molecule has 4 aliphatic rings. The van der Waals surface area contributed by atoms with Gasteiger partial charge in [-0.3, -0.25) is 0 Å². The first-order valence-electron chi connectivity index (χ1n) is 16.6. The number of fused-ring (bicyclic) bond motifs is 6. The lowest BCUT2D eigenvalue weighted by atomic mass is 9.81. The van der Waals surface area contributed by atoms with Gasteiger partial charge in [-0.05, 0) is 77.4 Å². The number of nitrogens with zero attached hydrogens (tertiary/aromatic N) is 3. The Labute approximate surface area is 300 Å². The largest absolute Gasteiger partial charge is 0.355 e.